The first kappa shape index (κ1) is 14.8. The zero-order valence-electron chi connectivity index (χ0n) is 32.9. The van der Waals surface area contributed by atoms with Crippen LogP contribution >= 0.6 is 0 Å². The summed E-state index contributed by atoms with van der Waals surface area (Å²) in [6, 6.07) is 8.30. The molecule has 1 fully saturated rings. The summed E-state index contributed by atoms with van der Waals surface area (Å²) >= 11 is 0. The van der Waals surface area contributed by atoms with Crippen molar-refractivity contribution >= 4 is 17.2 Å². The highest BCUT2D eigenvalue weighted by Crippen LogP contribution is 2.34. The van der Waals surface area contributed by atoms with Crippen LogP contribution in [-0.2, 0) is 12.7 Å². The maximum Gasteiger partial charge on any atom is 0.416 e. The summed E-state index contributed by atoms with van der Waals surface area (Å²) in [5.74, 6) is 4.25. The lowest BCUT2D eigenvalue weighted by atomic mass is 10.0. The van der Waals surface area contributed by atoms with E-state index in [0.717, 1.165) is 24.3 Å². The SMILES string of the molecule is [2H]c1nc2cccnn2c1C#Cc1cc(C(=O)Nc2ccc(C([2H])([2H])N3C([2H])([2H])CN(C([2H])([2H])[2H])CC3([2H])[2H])c(C(F)(F)F)c2)ccc1C([2H])([2H])[2H]. The Morgan fingerprint density at radius 2 is 2.05 bits per heavy atom. The zero-order valence-corrected chi connectivity index (χ0v) is 19.9. The number of imidazole rings is 1. The van der Waals surface area contributed by atoms with Gasteiger partial charge in [-0.15, -0.1) is 0 Å². The molecule has 2 aromatic heterocycles. The number of alkyl halides is 3. The maximum atomic E-state index is 14.5. The van der Waals surface area contributed by atoms with E-state index in [1.54, 1.807) is 12.1 Å². The molecular weight excluding hydrogens is 505 g/mol. The van der Waals surface area contributed by atoms with Crippen LogP contribution in [-0.4, -0.2) is 63.4 Å². The van der Waals surface area contributed by atoms with Gasteiger partial charge in [-0.05, 0) is 67.3 Å². The summed E-state index contributed by atoms with van der Waals surface area (Å²) in [5, 5.41) is 6.30. The summed E-state index contributed by atoms with van der Waals surface area (Å²) < 4.78 is 150. The fourth-order valence-corrected chi connectivity index (χ4v) is 3.56. The first-order chi connectivity index (χ1) is 23.7. The molecule has 2 aromatic carbocycles. The third-order valence-electron chi connectivity index (χ3n) is 5.47. The molecular formula is C29H27F3N6O. The predicted molar refractivity (Wildman–Crippen MR) is 142 cm³/mol. The fraction of sp³-hybridized carbons (Fsp3) is 0.276. The first-order valence-corrected chi connectivity index (χ1v) is 11.3. The van der Waals surface area contributed by atoms with Crippen molar-refractivity contribution in [2.24, 2.45) is 0 Å². The molecule has 3 heterocycles. The minimum Gasteiger partial charge on any atom is -0.322 e. The standard InChI is InChI=1S/C29H27F3N6O/c1-20-5-6-22(16-21(20)8-10-25-18-33-27-4-3-11-34-38(25)27)28(39)35-24-9-7-23(26(17-24)29(30,31)32)19-37-14-12-36(2)13-15-37/h3-7,9,11,16-18H,12-15,19H2,1-2H3,(H,35,39)/i1D3,2D3,14D2,15D2,18D,19D2. The summed E-state index contributed by atoms with van der Waals surface area (Å²) in [4.78, 5) is 17.7. The Hall–Kier alpha value is -4.20. The number of fused-ring (bicyclic) bond motifs is 1. The van der Waals surface area contributed by atoms with E-state index in [-0.39, 0.29) is 33.5 Å². The molecule has 200 valence electrons. The van der Waals surface area contributed by atoms with Crippen molar-refractivity contribution in [2.45, 2.75) is 19.5 Å². The van der Waals surface area contributed by atoms with Crippen LogP contribution in [0.2, 0.25) is 0 Å². The number of benzene rings is 2. The molecule has 0 unspecified atom stereocenters. The fourth-order valence-electron chi connectivity index (χ4n) is 3.56. The number of amides is 1. The molecule has 5 rings (SSSR count). The van der Waals surface area contributed by atoms with Crippen LogP contribution in [0.25, 0.3) is 5.65 Å². The van der Waals surface area contributed by atoms with Crippen molar-refractivity contribution in [1.82, 2.24) is 24.4 Å². The van der Waals surface area contributed by atoms with Gasteiger partial charge in [0.25, 0.3) is 5.91 Å². The Bertz CT molecular complexity index is 2080. The van der Waals surface area contributed by atoms with E-state index in [4.69, 9.17) is 17.8 Å². The van der Waals surface area contributed by atoms with Crippen molar-refractivity contribution in [3.63, 3.8) is 0 Å². The Kier molecular flexibility index (Phi) is 4.14. The second-order valence-electron chi connectivity index (χ2n) is 8.21. The van der Waals surface area contributed by atoms with E-state index in [1.807, 2.05) is 0 Å². The zero-order chi connectivity index (χ0) is 38.8. The lowest BCUT2D eigenvalue weighted by Gasteiger charge is -2.33. The predicted octanol–water partition coefficient (Wildman–Crippen LogP) is 4.46. The molecule has 1 saturated heterocycles. The molecule has 0 saturated carbocycles. The number of nitrogens with zero attached hydrogens (tertiary/aromatic N) is 5. The largest absolute Gasteiger partial charge is 0.416 e. The molecule has 0 radical (unpaired) electrons. The molecule has 1 N–H and O–H groups in total. The number of aromatic nitrogens is 3. The average Bonchev–Trinajstić information content (AvgIpc) is 3.31. The van der Waals surface area contributed by atoms with Gasteiger partial charge < -0.3 is 10.2 Å². The topological polar surface area (TPSA) is 65.8 Å². The number of carbonyl (C=O) groups excluding carboxylic acids is 1. The number of aryl methyl sites for hydroxylation is 1. The van der Waals surface area contributed by atoms with Crippen LogP contribution in [0, 0.1) is 18.7 Å². The number of anilines is 1. The van der Waals surface area contributed by atoms with Crippen molar-refractivity contribution in [2.75, 3.05) is 38.4 Å². The van der Waals surface area contributed by atoms with Gasteiger partial charge >= 0.3 is 6.18 Å². The Morgan fingerprint density at radius 3 is 2.82 bits per heavy atom. The number of halogens is 3. The van der Waals surface area contributed by atoms with Crippen LogP contribution < -0.4 is 5.32 Å². The summed E-state index contributed by atoms with van der Waals surface area (Å²) in [6.07, 6.45) is -4.15. The van der Waals surface area contributed by atoms with Crippen LogP contribution in [0.3, 0.4) is 0 Å². The van der Waals surface area contributed by atoms with E-state index in [2.05, 4.69) is 27.2 Å². The van der Waals surface area contributed by atoms with E-state index >= 15 is 0 Å². The third-order valence-corrected chi connectivity index (χ3v) is 5.47. The summed E-state index contributed by atoms with van der Waals surface area (Å²) in [7, 11) is 0. The van der Waals surface area contributed by atoms with E-state index in [1.165, 1.54) is 10.7 Å². The van der Waals surface area contributed by atoms with Crippen LogP contribution in [0.1, 0.15) is 56.1 Å². The smallest absolute Gasteiger partial charge is 0.322 e. The Labute approximate surface area is 242 Å². The third kappa shape index (κ3) is 6.11. The number of likely N-dealkylation sites (N-methyl/N-ethyl adjacent to an activating group) is 1. The normalized spacial score (nSPS) is 23.2. The second-order valence-corrected chi connectivity index (χ2v) is 8.21. The monoisotopic (exact) mass is 545 g/mol. The number of rotatable bonds is 4. The van der Waals surface area contributed by atoms with Gasteiger partial charge in [-0.1, -0.05) is 18.1 Å². The van der Waals surface area contributed by atoms with Crippen molar-refractivity contribution in [3.05, 3.63) is 94.4 Å². The molecule has 10 heteroatoms. The molecule has 39 heavy (non-hydrogen) atoms. The van der Waals surface area contributed by atoms with Crippen LogP contribution in [0.4, 0.5) is 18.9 Å². The van der Waals surface area contributed by atoms with Crippen molar-refractivity contribution < 1.29 is 35.8 Å². The van der Waals surface area contributed by atoms with Gasteiger partial charge in [0.05, 0.1) is 13.1 Å². The number of piperazine rings is 1. The molecule has 0 bridgehead atoms. The van der Waals surface area contributed by atoms with Gasteiger partial charge in [-0.25, -0.2) is 9.50 Å². The maximum absolute atomic E-state index is 14.5. The Morgan fingerprint density at radius 1 is 1.21 bits per heavy atom. The molecule has 0 atom stereocenters. The molecule has 1 aliphatic rings. The van der Waals surface area contributed by atoms with Gasteiger partial charge in [0.15, 0.2) is 5.65 Å². The lowest BCUT2D eigenvalue weighted by molar-refractivity contribution is -0.138. The second kappa shape index (κ2) is 10.9. The van der Waals surface area contributed by atoms with Crippen molar-refractivity contribution in [3.8, 4) is 11.8 Å². The number of nitrogens with one attached hydrogen (secondary N) is 1. The number of hydrogen-bond donors (Lipinski definition) is 1. The van der Waals surface area contributed by atoms with Gasteiger partial charge in [-0.2, -0.15) is 18.3 Å². The van der Waals surface area contributed by atoms with Crippen molar-refractivity contribution in [1.29, 1.82) is 0 Å². The summed E-state index contributed by atoms with van der Waals surface area (Å²) in [6.45, 7) is -17.5. The van der Waals surface area contributed by atoms with Gasteiger partial charge in [-0.3, -0.25) is 9.69 Å². The molecule has 4 aromatic rings. The molecule has 1 aliphatic heterocycles. The van der Waals surface area contributed by atoms with Gasteiger partial charge in [0.2, 0.25) is 0 Å². The van der Waals surface area contributed by atoms with E-state index < -0.39 is 75.3 Å². The quantitative estimate of drug-likeness (QED) is 0.384. The highest BCUT2D eigenvalue weighted by molar-refractivity contribution is 6.04. The molecule has 0 aliphatic carbocycles. The van der Waals surface area contributed by atoms with Crippen LogP contribution in [0.15, 0.2) is 60.9 Å². The average molecular weight is 546 g/mol. The molecule has 7 nitrogen and oxygen atoms in total. The molecule has 0 spiro atoms. The minimum absolute atomic E-state index is 0.0156. The van der Waals surface area contributed by atoms with E-state index in [9.17, 15) is 18.0 Å². The van der Waals surface area contributed by atoms with Gasteiger partial charge in [0, 0.05) is 72.0 Å². The van der Waals surface area contributed by atoms with E-state index in [0.29, 0.717) is 22.7 Å². The number of hydrogen-bond acceptors (Lipinski definition) is 5. The van der Waals surface area contributed by atoms with Crippen LogP contribution in [0.5, 0.6) is 0 Å². The first-order valence-electron chi connectivity index (χ1n) is 17.8. The minimum atomic E-state index is -5.31. The lowest BCUT2D eigenvalue weighted by Crippen LogP contribution is -2.44. The highest BCUT2D eigenvalue weighted by atomic mass is 19.4. The summed E-state index contributed by atoms with van der Waals surface area (Å²) in [5.41, 5.74) is -3.75. The Balaban J connectivity index is 1.50. The highest BCUT2D eigenvalue weighted by Gasteiger charge is 2.34. The number of carbonyl (C=O) groups is 1. The molecule has 1 amide bonds. The van der Waals surface area contributed by atoms with Gasteiger partial charge in [0.1, 0.15) is 5.69 Å².